The summed E-state index contributed by atoms with van der Waals surface area (Å²) in [6.45, 7) is 0. The summed E-state index contributed by atoms with van der Waals surface area (Å²) in [4.78, 5) is 19.2. The van der Waals surface area contributed by atoms with Gasteiger partial charge in [-0.15, -0.1) is 13.2 Å². The number of nitrogens with one attached hydrogen (secondary N) is 1. The highest BCUT2D eigenvalue weighted by molar-refractivity contribution is 6.25. The number of halogens is 3. The van der Waals surface area contributed by atoms with Crippen LogP contribution in [0.25, 0.3) is 66.2 Å². The molecule has 0 aliphatic rings. The zero-order valence-corrected chi connectivity index (χ0v) is 27.6. The molecule has 1 aromatic heterocycles. The van der Waals surface area contributed by atoms with E-state index in [4.69, 9.17) is 0 Å². The van der Waals surface area contributed by atoms with Crippen molar-refractivity contribution in [3.8, 4) is 50.3 Å². The van der Waals surface area contributed by atoms with Crippen molar-refractivity contribution in [1.82, 2.24) is 4.98 Å². The van der Waals surface area contributed by atoms with Gasteiger partial charge in [0.15, 0.2) is 0 Å². The number of amides is 1. The van der Waals surface area contributed by atoms with Crippen LogP contribution < -0.4 is 10.1 Å². The summed E-state index contributed by atoms with van der Waals surface area (Å²) in [5.74, 6) is -1.12. The lowest BCUT2D eigenvalue weighted by molar-refractivity contribution is -0.274. The van der Waals surface area contributed by atoms with Crippen molar-refractivity contribution in [3.05, 3.63) is 176 Å². The summed E-state index contributed by atoms with van der Waals surface area (Å²) in [5, 5.41) is 4.69. The van der Waals surface area contributed by atoms with E-state index in [1.165, 1.54) is 12.1 Å². The quantitative estimate of drug-likeness (QED) is 0.182. The van der Waals surface area contributed by atoms with E-state index in [-0.39, 0.29) is 5.56 Å². The molecule has 0 fully saturated rings. The molecule has 1 amide bonds. The van der Waals surface area contributed by atoms with E-state index in [9.17, 15) is 18.0 Å². The Labute approximate surface area is 297 Å². The number of hydrogen-bond acceptors (Lipinski definition) is 3. The van der Waals surface area contributed by atoms with Gasteiger partial charge in [-0.3, -0.25) is 9.78 Å². The third kappa shape index (κ3) is 6.24. The van der Waals surface area contributed by atoms with Crippen LogP contribution in [0.4, 0.5) is 18.9 Å². The van der Waals surface area contributed by atoms with Gasteiger partial charge in [0.05, 0.1) is 16.8 Å². The molecule has 0 atom stereocenters. The smallest absolute Gasteiger partial charge is 0.406 e. The molecule has 7 heteroatoms. The fourth-order valence-electron chi connectivity index (χ4n) is 6.94. The fourth-order valence-corrected chi connectivity index (χ4v) is 6.94. The van der Waals surface area contributed by atoms with E-state index in [1.54, 1.807) is 24.4 Å². The number of anilines is 1. The number of aromatic nitrogens is 1. The Kier molecular flexibility index (Phi) is 8.45. The Morgan fingerprint density at radius 2 is 1.06 bits per heavy atom. The van der Waals surface area contributed by atoms with Crippen molar-refractivity contribution in [2.45, 2.75) is 6.36 Å². The minimum atomic E-state index is -5.01. The Balaban J connectivity index is 1.57. The van der Waals surface area contributed by atoms with Crippen LogP contribution in [0.5, 0.6) is 5.75 Å². The second kappa shape index (κ2) is 13.5. The normalized spacial score (nSPS) is 11.4. The second-order valence-corrected chi connectivity index (χ2v) is 12.2. The summed E-state index contributed by atoms with van der Waals surface area (Å²) in [6.07, 6.45) is -3.38. The molecule has 8 rings (SSSR count). The van der Waals surface area contributed by atoms with Gasteiger partial charge >= 0.3 is 6.36 Å². The SMILES string of the molecule is O=C(Nc1cccc2cccnc12)c1cc(OC(F)(F)F)cc2c(-c3ccccc3)c(-c3ccccc3)c(-c3ccccc3)c(-c3ccccc3)c12. The standard InChI is InChI=1S/C45H29F3N2O2/c46-45(47,48)52-34-27-35-38(29-15-5-1-6-16-29)39(30-17-7-2-8-18-30)40(31-19-9-3-10-20-31)41(32-21-11-4-12-22-32)42(35)36(28-34)44(51)50-37-25-13-23-33-24-14-26-49-43(33)37/h1-28H,(H,50,51). The number of para-hydroxylation sites is 1. The molecule has 52 heavy (non-hydrogen) atoms. The summed E-state index contributed by atoms with van der Waals surface area (Å²) in [7, 11) is 0. The van der Waals surface area contributed by atoms with Crippen LogP contribution in [0.3, 0.4) is 0 Å². The monoisotopic (exact) mass is 686 g/mol. The third-order valence-corrected chi connectivity index (χ3v) is 8.99. The summed E-state index contributed by atoms with van der Waals surface area (Å²) in [6, 6.07) is 50.4. The van der Waals surface area contributed by atoms with Crippen molar-refractivity contribution in [2.24, 2.45) is 0 Å². The highest BCUT2D eigenvalue weighted by Gasteiger charge is 2.33. The molecule has 0 radical (unpaired) electrons. The molecule has 0 unspecified atom stereocenters. The molecule has 4 nitrogen and oxygen atoms in total. The molecule has 0 bridgehead atoms. The number of rotatable bonds is 7. The van der Waals surface area contributed by atoms with Gasteiger partial charge in [0.2, 0.25) is 0 Å². The lowest BCUT2D eigenvalue weighted by Gasteiger charge is -2.26. The maximum absolute atomic E-state index is 14.7. The fraction of sp³-hybridized carbons (Fsp3) is 0.0222. The van der Waals surface area contributed by atoms with E-state index < -0.39 is 18.0 Å². The number of pyridine rings is 1. The Bertz CT molecular complexity index is 2550. The van der Waals surface area contributed by atoms with Crippen molar-refractivity contribution >= 4 is 33.3 Å². The van der Waals surface area contributed by atoms with Gasteiger partial charge in [0.1, 0.15) is 5.75 Å². The molecule has 7 aromatic carbocycles. The number of alkyl halides is 3. The summed E-state index contributed by atoms with van der Waals surface area (Å²) >= 11 is 0. The molecule has 1 heterocycles. The molecule has 0 spiro atoms. The Hall–Kier alpha value is -6.73. The first-order valence-electron chi connectivity index (χ1n) is 16.7. The van der Waals surface area contributed by atoms with Gasteiger partial charge in [-0.2, -0.15) is 0 Å². The van der Waals surface area contributed by atoms with Gasteiger partial charge in [-0.25, -0.2) is 0 Å². The number of carbonyl (C=O) groups excluding carboxylic acids is 1. The zero-order chi connectivity index (χ0) is 35.7. The average Bonchev–Trinajstić information content (AvgIpc) is 3.17. The van der Waals surface area contributed by atoms with Crippen LogP contribution in [0.15, 0.2) is 170 Å². The molecule has 0 aliphatic heterocycles. The maximum Gasteiger partial charge on any atom is 0.573 e. The van der Waals surface area contributed by atoms with E-state index in [2.05, 4.69) is 15.0 Å². The first kappa shape index (κ1) is 32.5. The van der Waals surface area contributed by atoms with E-state index >= 15 is 0 Å². The molecule has 0 saturated carbocycles. The van der Waals surface area contributed by atoms with Gasteiger partial charge < -0.3 is 10.1 Å². The topological polar surface area (TPSA) is 51.2 Å². The predicted octanol–water partition coefficient (Wildman–Crippen LogP) is 12.2. The van der Waals surface area contributed by atoms with Crippen molar-refractivity contribution in [1.29, 1.82) is 0 Å². The van der Waals surface area contributed by atoms with E-state index in [1.807, 2.05) is 133 Å². The third-order valence-electron chi connectivity index (χ3n) is 8.99. The lowest BCUT2D eigenvalue weighted by atomic mass is 9.77. The number of benzene rings is 7. The van der Waals surface area contributed by atoms with Crippen LogP contribution in [-0.2, 0) is 0 Å². The van der Waals surface area contributed by atoms with Crippen molar-refractivity contribution < 1.29 is 22.7 Å². The second-order valence-electron chi connectivity index (χ2n) is 12.2. The van der Waals surface area contributed by atoms with Crippen molar-refractivity contribution in [3.63, 3.8) is 0 Å². The van der Waals surface area contributed by atoms with Gasteiger partial charge in [0.25, 0.3) is 5.91 Å². The Morgan fingerprint density at radius 1 is 0.558 bits per heavy atom. The van der Waals surface area contributed by atoms with Crippen LogP contribution in [0, 0.1) is 0 Å². The molecule has 0 aliphatic carbocycles. The summed E-state index contributed by atoms with van der Waals surface area (Å²) in [5.41, 5.74) is 7.25. The first-order chi connectivity index (χ1) is 25.4. The molecule has 1 N–H and O–H groups in total. The van der Waals surface area contributed by atoms with Crippen LogP contribution in [-0.4, -0.2) is 17.3 Å². The van der Waals surface area contributed by atoms with Gasteiger partial charge in [0, 0.05) is 17.0 Å². The zero-order valence-electron chi connectivity index (χ0n) is 27.6. The van der Waals surface area contributed by atoms with Gasteiger partial charge in [-0.05, 0) is 74.2 Å². The minimum absolute atomic E-state index is 0.0116. The molecule has 8 aromatic rings. The number of fused-ring (bicyclic) bond motifs is 2. The predicted molar refractivity (Wildman–Crippen MR) is 202 cm³/mol. The molecular formula is C45H29F3N2O2. The van der Waals surface area contributed by atoms with Crippen LogP contribution >= 0.6 is 0 Å². The number of nitrogens with zero attached hydrogens (tertiary/aromatic N) is 1. The highest BCUT2D eigenvalue weighted by atomic mass is 19.4. The Morgan fingerprint density at radius 3 is 1.62 bits per heavy atom. The summed E-state index contributed by atoms with van der Waals surface area (Å²) < 4.78 is 46.8. The lowest BCUT2D eigenvalue weighted by Crippen LogP contribution is -2.19. The minimum Gasteiger partial charge on any atom is -0.406 e. The molecule has 0 saturated heterocycles. The number of carbonyl (C=O) groups is 1. The number of hydrogen-bond donors (Lipinski definition) is 1. The molecular weight excluding hydrogens is 658 g/mol. The van der Waals surface area contributed by atoms with Crippen LogP contribution in [0.1, 0.15) is 10.4 Å². The van der Waals surface area contributed by atoms with E-state index in [0.29, 0.717) is 33.1 Å². The average molecular weight is 687 g/mol. The van der Waals surface area contributed by atoms with Crippen LogP contribution in [0.2, 0.25) is 0 Å². The number of ether oxygens (including phenoxy) is 1. The maximum atomic E-state index is 14.7. The van der Waals surface area contributed by atoms with E-state index in [0.717, 1.165) is 38.8 Å². The highest BCUT2D eigenvalue weighted by Crippen LogP contribution is 2.52. The first-order valence-corrected chi connectivity index (χ1v) is 16.7. The largest absolute Gasteiger partial charge is 0.573 e. The van der Waals surface area contributed by atoms with Crippen molar-refractivity contribution in [2.75, 3.05) is 5.32 Å². The molecule has 252 valence electrons. The van der Waals surface area contributed by atoms with Gasteiger partial charge in [-0.1, -0.05) is 140 Å².